The first kappa shape index (κ1) is 20.4. The van der Waals surface area contributed by atoms with Crippen LogP contribution in [0.15, 0.2) is 12.4 Å². The molecular weight excluding hydrogens is 324 g/mol. The Morgan fingerprint density at radius 2 is 1.15 bits per heavy atom. The zero-order valence-corrected chi connectivity index (χ0v) is 17.6. The van der Waals surface area contributed by atoms with E-state index in [1.165, 1.54) is 0 Å². The van der Waals surface area contributed by atoms with Gasteiger partial charge in [-0.25, -0.2) is 9.97 Å². The van der Waals surface area contributed by atoms with Crippen LogP contribution in [0.5, 0.6) is 0 Å². The maximum atomic E-state index is 13.3. The van der Waals surface area contributed by atoms with Crippen molar-refractivity contribution in [1.29, 1.82) is 0 Å². The van der Waals surface area contributed by atoms with Crippen LogP contribution >= 0.6 is 0 Å². The number of ketones is 1. The van der Waals surface area contributed by atoms with E-state index >= 15 is 0 Å². The first-order valence-electron chi connectivity index (χ1n) is 9.88. The lowest BCUT2D eigenvalue weighted by atomic mass is 9.91. The molecule has 2 aromatic heterocycles. The molecule has 0 aliphatic carbocycles. The van der Waals surface area contributed by atoms with Crippen LogP contribution < -0.4 is 0 Å². The Morgan fingerprint density at radius 1 is 0.808 bits per heavy atom. The maximum absolute atomic E-state index is 13.3. The van der Waals surface area contributed by atoms with Crippen LogP contribution in [0.25, 0.3) is 0 Å². The summed E-state index contributed by atoms with van der Waals surface area (Å²) in [6.45, 7) is 18.4. The van der Waals surface area contributed by atoms with Crippen molar-refractivity contribution in [3.63, 3.8) is 0 Å². The molecule has 0 amide bonds. The van der Waals surface area contributed by atoms with E-state index in [1.807, 2.05) is 26.2 Å². The molecule has 2 aromatic rings. The van der Waals surface area contributed by atoms with Crippen molar-refractivity contribution in [3.05, 3.63) is 35.4 Å². The lowest BCUT2D eigenvalue weighted by Crippen LogP contribution is -2.22. The highest BCUT2D eigenvalue weighted by atomic mass is 16.1. The normalized spacial score (nSPS) is 14.2. The van der Waals surface area contributed by atoms with Gasteiger partial charge in [0, 0.05) is 48.7 Å². The van der Waals surface area contributed by atoms with E-state index in [2.05, 4.69) is 60.6 Å². The molecule has 0 bridgehead atoms. The van der Waals surface area contributed by atoms with Gasteiger partial charge in [-0.15, -0.1) is 0 Å². The summed E-state index contributed by atoms with van der Waals surface area (Å²) in [4.78, 5) is 22.4. The molecule has 2 rings (SSSR count). The van der Waals surface area contributed by atoms with Crippen LogP contribution in [-0.2, 0) is 17.9 Å². The number of hydrogen-bond acceptors (Lipinski definition) is 3. The lowest BCUT2D eigenvalue weighted by Gasteiger charge is -2.20. The molecule has 0 radical (unpaired) electrons. The Morgan fingerprint density at radius 3 is 1.42 bits per heavy atom. The van der Waals surface area contributed by atoms with Gasteiger partial charge < -0.3 is 9.13 Å². The molecule has 0 N–H and O–H groups in total. The molecule has 2 unspecified atom stereocenters. The number of rotatable bonds is 8. The first-order valence-corrected chi connectivity index (χ1v) is 9.88. The van der Waals surface area contributed by atoms with E-state index in [0.717, 1.165) is 36.1 Å². The molecule has 0 aliphatic rings. The predicted octanol–water partition coefficient (Wildman–Crippen LogP) is 4.84. The number of carbonyl (C=O) groups is 1. The molecule has 2 atom stereocenters. The first-order chi connectivity index (χ1) is 12.2. The van der Waals surface area contributed by atoms with Crippen molar-refractivity contribution in [2.24, 2.45) is 0 Å². The fraction of sp³-hybridized carbons (Fsp3) is 0.667. The number of Topliss-reactive ketones (excluding diaryl/α,β-unsaturated/α-hetero) is 1. The summed E-state index contributed by atoms with van der Waals surface area (Å²) in [5.74, 6) is 2.64. The summed E-state index contributed by atoms with van der Waals surface area (Å²) in [5, 5.41) is 0. The average molecular weight is 359 g/mol. The summed E-state index contributed by atoms with van der Waals surface area (Å²) in [6.07, 6.45) is 3.76. The number of aromatic nitrogens is 4. The van der Waals surface area contributed by atoms with Crippen molar-refractivity contribution in [1.82, 2.24) is 19.1 Å². The van der Waals surface area contributed by atoms with Gasteiger partial charge in [0.1, 0.15) is 17.4 Å². The standard InChI is InChI=1S/C21H34N4O/c1-9-24-17(11-22-20(24)13(3)4)15(7)19(26)16(8)18-12-23-21(14(5)6)25(18)10-2/h11-16H,9-10H2,1-8H3. The zero-order chi connectivity index (χ0) is 19.6. The molecule has 0 aromatic carbocycles. The SMILES string of the molecule is CCn1c(C(C)C(=O)C(C)c2cnc(C(C)C)n2CC)cnc1C(C)C. The molecule has 144 valence electrons. The van der Waals surface area contributed by atoms with Gasteiger partial charge in [0.15, 0.2) is 0 Å². The number of carbonyl (C=O) groups excluding carboxylic acids is 1. The minimum Gasteiger partial charge on any atom is -0.331 e. The number of nitrogens with zero attached hydrogens (tertiary/aromatic N) is 4. The van der Waals surface area contributed by atoms with Gasteiger partial charge >= 0.3 is 0 Å². The van der Waals surface area contributed by atoms with E-state index in [9.17, 15) is 4.79 Å². The highest BCUT2D eigenvalue weighted by molar-refractivity contribution is 5.90. The Labute approximate surface area is 157 Å². The third-order valence-electron chi connectivity index (χ3n) is 5.24. The molecule has 0 fully saturated rings. The summed E-state index contributed by atoms with van der Waals surface area (Å²) < 4.78 is 4.38. The van der Waals surface area contributed by atoms with Crippen molar-refractivity contribution in [2.45, 2.75) is 92.2 Å². The maximum Gasteiger partial charge on any atom is 0.150 e. The van der Waals surface area contributed by atoms with Crippen LogP contribution in [0.2, 0.25) is 0 Å². The minimum absolute atomic E-state index is 0.187. The average Bonchev–Trinajstić information content (AvgIpc) is 3.23. The van der Waals surface area contributed by atoms with Crippen molar-refractivity contribution in [2.75, 3.05) is 0 Å². The summed E-state index contributed by atoms with van der Waals surface area (Å²) in [5.41, 5.74) is 2.03. The largest absolute Gasteiger partial charge is 0.331 e. The van der Waals surface area contributed by atoms with Crippen LogP contribution in [0.3, 0.4) is 0 Å². The second kappa shape index (κ2) is 8.19. The molecule has 2 heterocycles. The number of hydrogen-bond donors (Lipinski definition) is 0. The summed E-state index contributed by atoms with van der Waals surface area (Å²) >= 11 is 0. The van der Waals surface area contributed by atoms with E-state index in [0.29, 0.717) is 11.8 Å². The molecule has 5 nitrogen and oxygen atoms in total. The summed E-state index contributed by atoms with van der Waals surface area (Å²) in [6, 6.07) is 0. The van der Waals surface area contributed by atoms with Gasteiger partial charge in [0.25, 0.3) is 0 Å². The second-order valence-electron chi connectivity index (χ2n) is 7.73. The topological polar surface area (TPSA) is 52.7 Å². The highest BCUT2D eigenvalue weighted by Crippen LogP contribution is 2.29. The third-order valence-corrected chi connectivity index (χ3v) is 5.24. The van der Waals surface area contributed by atoms with Crippen molar-refractivity contribution in [3.8, 4) is 0 Å². The Balaban J connectivity index is 2.34. The fourth-order valence-corrected chi connectivity index (χ4v) is 3.78. The minimum atomic E-state index is -0.187. The fourth-order valence-electron chi connectivity index (χ4n) is 3.78. The van der Waals surface area contributed by atoms with Gasteiger partial charge in [0.2, 0.25) is 0 Å². The molecule has 0 saturated heterocycles. The quantitative estimate of drug-likeness (QED) is 0.678. The molecule has 0 saturated carbocycles. The Kier molecular flexibility index (Phi) is 6.43. The van der Waals surface area contributed by atoms with Crippen LogP contribution in [0.4, 0.5) is 0 Å². The Bertz CT molecular complexity index is 692. The van der Waals surface area contributed by atoms with Crippen molar-refractivity contribution < 1.29 is 4.79 Å². The monoisotopic (exact) mass is 358 g/mol. The number of imidazole rings is 2. The van der Waals surface area contributed by atoms with Gasteiger partial charge in [-0.1, -0.05) is 27.7 Å². The van der Waals surface area contributed by atoms with E-state index in [1.54, 1.807) is 0 Å². The van der Waals surface area contributed by atoms with E-state index in [4.69, 9.17) is 0 Å². The molecule has 26 heavy (non-hydrogen) atoms. The third kappa shape index (κ3) is 3.62. The highest BCUT2D eigenvalue weighted by Gasteiger charge is 2.29. The van der Waals surface area contributed by atoms with E-state index < -0.39 is 0 Å². The Hall–Kier alpha value is -1.91. The second-order valence-corrected chi connectivity index (χ2v) is 7.73. The molecular formula is C21H34N4O. The van der Waals surface area contributed by atoms with Gasteiger partial charge in [-0.3, -0.25) is 4.79 Å². The molecule has 0 aliphatic heterocycles. The van der Waals surface area contributed by atoms with Crippen LogP contribution in [0.1, 0.15) is 102 Å². The van der Waals surface area contributed by atoms with Crippen LogP contribution in [-0.4, -0.2) is 24.9 Å². The predicted molar refractivity (Wildman–Crippen MR) is 106 cm³/mol. The molecule has 5 heteroatoms. The molecule has 0 spiro atoms. The summed E-state index contributed by atoms with van der Waals surface area (Å²) in [7, 11) is 0. The van der Waals surface area contributed by atoms with Crippen LogP contribution in [0, 0.1) is 0 Å². The van der Waals surface area contributed by atoms with Gasteiger partial charge in [0.05, 0.1) is 11.8 Å². The van der Waals surface area contributed by atoms with Crippen molar-refractivity contribution >= 4 is 5.78 Å². The zero-order valence-electron chi connectivity index (χ0n) is 17.6. The lowest BCUT2D eigenvalue weighted by molar-refractivity contribution is -0.121. The smallest absolute Gasteiger partial charge is 0.150 e. The van der Waals surface area contributed by atoms with Gasteiger partial charge in [-0.2, -0.15) is 0 Å². The van der Waals surface area contributed by atoms with Gasteiger partial charge in [-0.05, 0) is 27.7 Å². The van der Waals surface area contributed by atoms with E-state index in [-0.39, 0.29) is 17.6 Å².